The van der Waals surface area contributed by atoms with Crippen molar-refractivity contribution in [3.05, 3.63) is 35.9 Å². The molecular formula is C18H23F3N2O2. The summed E-state index contributed by atoms with van der Waals surface area (Å²) in [6.07, 6.45) is -2.91. The van der Waals surface area contributed by atoms with Crippen LogP contribution in [-0.4, -0.2) is 33.6 Å². The molecule has 25 heavy (non-hydrogen) atoms. The first-order valence-electron chi connectivity index (χ1n) is 8.50. The predicted molar refractivity (Wildman–Crippen MR) is 88.8 cm³/mol. The summed E-state index contributed by atoms with van der Waals surface area (Å²) in [6, 6.07) is 9.39. The maximum absolute atomic E-state index is 13.3. The molecule has 0 spiro atoms. The molecule has 0 aliphatic carbocycles. The van der Waals surface area contributed by atoms with E-state index >= 15 is 0 Å². The number of alkyl halides is 3. The molecule has 138 valence electrons. The predicted octanol–water partition coefficient (Wildman–Crippen LogP) is 4.04. The van der Waals surface area contributed by atoms with Crippen molar-refractivity contribution in [3.8, 4) is 0 Å². The second-order valence-electron chi connectivity index (χ2n) is 6.31. The molecule has 1 aromatic rings. The largest absolute Gasteiger partial charge is 0.438 e. The molecule has 0 bridgehead atoms. The van der Waals surface area contributed by atoms with Gasteiger partial charge in [-0.1, -0.05) is 43.7 Å². The lowest BCUT2D eigenvalue weighted by Gasteiger charge is -2.32. The van der Waals surface area contributed by atoms with Gasteiger partial charge in [-0.2, -0.15) is 23.3 Å². The Morgan fingerprint density at radius 3 is 2.52 bits per heavy atom. The van der Waals surface area contributed by atoms with Crippen LogP contribution in [0.2, 0.25) is 0 Å². The number of benzene rings is 1. The number of carbonyl (C=O) groups is 1. The lowest BCUT2D eigenvalue weighted by Crippen LogP contribution is -2.56. The lowest BCUT2D eigenvalue weighted by atomic mass is 10.0. The van der Waals surface area contributed by atoms with Crippen LogP contribution in [0.4, 0.5) is 13.2 Å². The van der Waals surface area contributed by atoms with E-state index in [1.54, 1.807) is 0 Å². The molecule has 1 N–H and O–H groups in total. The maximum atomic E-state index is 13.3. The average Bonchev–Trinajstić information content (AvgIpc) is 2.92. The summed E-state index contributed by atoms with van der Waals surface area (Å²) < 4.78 is 40.0. The summed E-state index contributed by atoms with van der Waals surface area (Å²) in [7, 11) is 0. The van der Waals surface area contributed by atoms with E-state index in [0.29, 0.717) is 25.7 Å². The van der Waals surface area contributed by atoms with Crippen molar-refractivity contribution in [2.24, 2.45) is 5.10 Å². The summed E-state index contributed by atoms with van der Waals surface area (Å²) in [4.78, 5) is 12.3. The highest BCUT2D eigenvalue weighted by Gasteiger charge is 2.62. The van der Waals surface area contributed by atoms with Gasteiger partial charge in [-0.25, -0.2) is 0 Å². The maximum Gasteiger partial charge on any atom is 0.438 e. The Balaban J connectivity index is 2.03. The average molecular weight is 356 g/mol. The molecule has 1 aliphatic heterocycles. The van der Waals surface area contributed by atoms with Gasteiger partial charge in [0.2, 0.25) is 5.91 Å². The van der Waals surface area contributed by atoms with E-state index < -0.39 is 24.2 Å². The number of aryl methyl sites for hydroxylation is 1. The number of nitrogens with zero attached hydrogens (tertiary/aromatic N) is 2. The molecule has 1 aromatic carbocycles. The van der Waals surface area contributed by atoms with Crippen LogP contribution >= 0.6 is 0 Å². The molecule has 0 saturated carbocycles. The van der Waals surface area contributed by atoms with Gasteiger partial charge in [-0.05, 0) is 31.2 Å². The minimum atomic E-state index is -4.94. The number of amides is 1. The normalized spacial score (nSPS) is 20.7. The zero-order chi connectivity index (χ0) is 18.5. The van der Waals surface area contributed by atoms with E-state index in [1.165, 1.54) is 0 Å². The van der Waals surface area contributed by atoms with Gasteiger partial charge in [0.05, 0.1) is 0 Å². The van der Waals surface area contributed by atoms with Gasteiger partial charge in [-0.15, -0.1) is 0 Å². The highest BCUT2D eigenvalue weighted by molar-refractivity contribution is 5.90. The van der Waals surface area contributed by atoms with Gasteiger partial charge in [0.25, 0.3) is 5.72 Å². The van der Waals surface area contributed by atoms with E-state index in [4.69, 9.17) is 0 Å². The van der Waals surface area contributed by atoms with Crippen LogP contribution in [0.3, 0.4) is 0 Å². The van der Waals surface area contributed by atoms with Gasteiger partial charge in [-0.3, -0.25) is 4.79 Å². The van der Waals surface area contributed by atoms with Gasteiger partial charge < -0.3 is 5.11 Å². The Bertz CT molecular complexity index is 616. The molecule has 1 heterocycles. The van der Waals surface area contributed by atoms with Crippen molar-refractivity contribution in [2.75, 3.05) is 0 Å². The summed E-state index contributed by atoms with van der Waals surface area (Å²) in [6.45, 7) is 1.91. The van der Waals surface area contributed by atoms with Crippen LogP contribution in [-0.2, 0) is 11.2 Å². The molecule has 7 heteroatoms. The Hall–Kier alpha value is -1.89. The molecule has 1 atom stereocenters. The molecule has 0 aromatic heterocycles. The molecule has 1 unspecified atom stereocenters. The Labute approximate surface area is 145 Å². The van der Waals surface area contributed by atoms with Crippen LogP contribution in [0.5, 0.6) is 0 Å². The number of unbranched alkanes of at least 4 members (excludes halogenated alkanes) is 1. The van der Waals surface area contributed by atoms with Crippen LogP contribution in [0.1, 0.15) is 51.0 Å². The number of hydrogen-bond acceptors (Lipinski definition) is 3. The number of rotatable bonds is 7. The second-order valence-corrected chi connectivity index (χ2v) is 6.31. The van der Waals surface area contributed by atoms with Gasteiger partial charge >= 0.3 is 6.18 Å². The number of carbonyl (C=O) groups excluding carboxylic acids is 1. The van der Waals surface area contributed by atoms with Crippen molar-refractivity contribution in [3.63, 3.8) is 0 Å². The molecule has 0 radical (unpaired) electrons. The van der Waals surface area contributed by atoms with Crippen LogP contribution in [0.15, 0.2) is 35.4 Å². The van der Waals surface area contributed by atoms with Gasteiger partial charge in [0, 0.05) is 18.6 Å². The fourth-order valence-corrected chi connectivity index (χ4v) is 2.81. The number of hydrazone groups is 1. The third-order valence-corrected chi connectivity index (χ3v) is 4.25. The SMILES string of the molecule is CCCCC1=NN(C(=O)CCCc2ccccc2)C(O)(C(F)(F)F)C1. The minimum absolute atomic E-state index is 0.0994. The fraction of sp³-hybridized carbons (Fsp3) is 0.556. The van der Waals surface area contributed by atoms with Crippen LogP contribution in [0.25, 0.3) is 0 Å². The summed E-state index contributed by atoms with van der Waals surface area (Å²) in [5.41, 5.74) is -1.99. The monoisotopic (exact) mass is 356 g/mol. The Kier molecular flexibility index (Phi) is 6.21. The summed E-state index contributed by atoms with van der Waals surface area (Å²) in [5, 5.41) is 14.2. The zero-order valence-electron chi connectivity index (χ0n) is 14.2. The van der Waals surface area contributed by atoms with Crippen molar-refractivity contribution in [1.29, 1.82) is 0 Å². The number of halogens is 3. The lowest BCUT2D eigenvalue weighted by molar-refractivity contribution is -0.302. The van der Waals surface area contributed by atoms with E-state index in [0.717, 1.165) is 12.0 Å². The van der Waals surface area contributed by atoms with E-state index in [9.17, 15) is 23.1 Å². The molecule has 1 aliphatic rings. The highest BCUT2D eigenvalue weighted by Crippen LogP contribution is 2.41. The molecule has 1 amide bonds. The first-order chi connectivity index (χ1) is 11.8. The first kappa shape index (κ1) is 19.4. The van der Waals surface area contributed by atoms with Gasteiger partial charge in [0.15, 0.2) is 0 Å². The third-order valence-electron chi connectivity index (χ3n) is 4.25. The quantitative estimate of drug-likeness (QED) is 0.802. The smallest absolute Gasteiger partial charge is 0.362 e. The van der Waals surface area contributed by atoms with E-state index in [1.807, 2.05) is 37.3 Å². The second kappa shape index (κ2) is 7.99. The van der Waals surface area contributed by atoms with Crippen molar-refractivity contribution in [1.82, 2.24) is 5.01 Å². The standard InChI is InChI=1S/C18H23F3N2O2/c1-2-3-11-15-13-17(25,18(19,20)21)23(22-15)16(24)12-7-10-14-8-5-4-6-9-14/h4-6,8-9,25H,2-3,7,10-13H2,1H3. The Morgan fingerprint density at radius 1 is 1.24 bits per heavy atom. The first-order valence-corrected chi connectivity index (χ1v) is 8.50. The van der Waals surface area contributed by atoms with E-state index in [2.05, 4.69) is 5.10 Å². The van der Waals surface area contributed by atoms with Gasteiger partial charge in [0.1, 0.15) is 0 Å². The third kappa shape index (κ3) is 4.60. The van der Waals surface area contributed by atoms with E-state index in [-0.39, 0.29) is 17.1 Å². The van der Waals surface area contributed by atoms with Crippen molar-refractivity contribution in [2.45, 2.75) is 63.8 Å². The van der Waals surface area contributed by atoms with Crippen molar-refractivity contribution < 1.29 is 23.1 Å². The van der Waals surface area contributed by atoms with Crippen molar-refractivity contribution >= 4 is 11.6 Å². The Morgan fingerprint density at radius 2 is 1.92 bits per heavy atom. The molecule has 0 fully saturated rings. The highest BCUT2D eigenvalue weighted by atomic mass is 19.4. The zero-order valence-corrected chi connectivity index (χ0v) is 14.2. The molecular weight excluding hydrogens is 333 g/mol. The van der Waals surface area contributed by atoms with Crippen LogP contribution < -0.4 is 0 Å². The number of aliphatic hydroxyl groups is 1. The molecule has 2 rings (SSSR count). The summed E-state index contributed by atoms with van der Waals surface area (Å²) >= 11 is 0. The topological polar surface area (TPSA) is 52.9 Å². The molecule has 4 nitrogen and oxygen atoms in total. The summed E-state index contributed by atoms with van der Waals surface area (Å²) in [5.74, 6) is -0.803. The van der Waals surface area contributed by atoms with Crippen LogP contribution in [0, 0.1) is 0 Å². The minimum Gasteiger partial charge on any atom is -0.362 e. The number of hydrogen-bond donors (Lipinski definition) is 1. The molecule has 0 saturated heterocycles. The fourth-order valence-electron chi connectivity index (χ4n) is 2.81.